The average Bonchev–Trinajstić information content (AvgIpc) is 2.88. The van der Waals surface area contributed by atoms with Crippen LogP contribution in [0.2, 0.25) is 0 Å². The highest BCUT2D eigenvalue weighted by atomic mass is 16.1. The first kappa shape index (κ1) is 16.6. The summed E-state index contributed by atoms with van der Waals surface area (Å²) in [5.41, 5.74) is 6.17. The van der Waals surface area contributed by atoms with E-state index in [4.69, 9.17) is 0 Å². The normalized spacial score (nSPS) is 14.7. The molecule has 1 amide bonds. The van der Waals surface area contributed by atoms with Crippen molar-refractivity contribution in [3.63, 3.8) is 0 Å². The van der Waals surface area contributed by atoms with Crippen molar-refractivity contribution in [3.05, 3.63) is 46.3 Å². The van der Waals surface area contributed by atoms with Gasteiger partial charge in [0.1, 0.15) is 0 Å². The molecule has 2 N–H and O–H groups in total. The van der Waals surface area contributed by atoms with Crippen LogP contribution in [0.4, 0.5) is 5.69 Å². The summed E-state index contributed by atoms with van der Waals surface area (Å²) in [5.74, 6) is -0.0307. The van der Waals surface area contributed by atoms with Crippen LogP contribution in [0.15, 0.2) is 18.2 Å². The number of aromatic nitrogens is 2. The third kappa shape index (κ3) is 2.90. The zero-order chi connectivity index (χ0) is 17.3. The molecule has 1 aliphatic rings. The van der Waals surface area contributed by atoms with Crippen LogP contribution in [-0.4, -0.2) is 22.2 Å². The highest BCUT2D eigenvalue weighted by Gasteiger charge is 2.22. The minimum absolute atomic E-state index is 0.0307. The Morgan fingerprint density at radius 3 is 2.92 bits per heavy atom. The fourth-order valence-corrected chi connectivity index (χ4v) is 3.69. The number of fused-ring (bicyclic) bond motifs is 1. The summed E-state index contributed by atoms with van der Waals surface area (Å²) >= 11 is 0. The Kier molecular flexibility index (Phi) is 4.60. The van der Waals surface area contributed by atoms with Crippen LogP contribution < -0.4 is 10.6 Å². The van der Waals surface area contributed by atoms with Crippen molar-refractivity contribution < 1.29 is 4.79 Å². The van der Waals surface area contributed by atoms with Gasteiger partial charge in [-0.2, -0.15) is 5.10 Å². The molecule has 1 aromatic carbocycles. The van der Waals surface area contributed by atoms with E-state index < -0.39 is 0 Å². The van der Waals surface area contributed by atoms with E-state index in [0.717, 1.165) is 54.1 Å². The second kappa shape index (κ2) is 6.67. The predicted octanol–water partition coefficient (Wildman–Crippen LogP) is 3.37. The molecule has 3 rings (SSSR count). The zero-order valence-corrected chi connectivity index (χ0v) is 14.9. The molecule has 0 radical (unpaired) electrons. The van der Waals surface area contributed by atoms with Gasteiger partial charge in [0.25, 0.3) is 5.91 Å². The maximum atomic E-state index is 12.8. The summed E-state index contributed by atoms with van der Waals surface area (Å²) < 4.78 is 1.99. The van der Waals surface area contributed by atoms with Crippen molar-refractivity contribution in [2.75, 3.05) is 11.9 Å². The van der Waals surface area contributed by atoms with E-state index in [9.17, 15) is 4.79 Å². The standard InChI is InChI=1S/C19H26N4O/c1-5-23-14(4)17(13(3)22-23)12(2)21-19(24)16-10-6-8-15-9-7-11-20-18(15)16/h6,8,10,12,20H,5,7,9,11H2,1-4H3,(H,21,24). The summed E-state index contributed by atoms with van der Waals surface area (Å²) in [7, 11) is 0. The molecule has 0 bridgehead atoms. The van der Waals surface area contributed by atoms with E-state index in [1.54, 1.807) is 0 Å². The second-order valence-electron chi connectivity index (χ2n) is 6.47. The highest BCUT2D eigenvalue weighted by Crippen LogP contribution is 2.27. The van der Waals surface area contributed by atoms with Gasteiger partial charge in [-0.05, 0) is 52.2 Å². The molecule has 0 saturated carbocycles. The third-order valence-electron chi connectivity index (χ3n) is 4.84. The van der Waals surface area contributed by atoms with Gasteiger partial charge in [-0.1, -0.05) is 12.1 Å². The van der Waals surface area contributed by atoms with Gasteiger partial charge in [0.2, 0.25) is 0 Å². The Morgan fingerprint density at radius 1 is 1.42 bits per heavy atom. The quantitative estimate of drug-likeness (QED) is 0.905. The van der Waals surface area contributed by atoms with Crippen LogP contribution in [0.25, 0.3) is 0 Å². The number of carbonyl (C=O) groups excluding carboxylic acids is 1. The minimum atomic E-state index is -0.0720. The van der Waals surface area contributed by atoms with E-state index in [-0.39, 0.29) is 11.9 Å². The molecule has 1 aliphatic heterocycles. The molecule has 0 aliphatic carbocycles. The molecule has 0 saturated heterocycles. The Morgan fingerprint density at radius 2 is 2.21 bits per heavy atom. The van der Waals surface area contributed by atoms with Gasteiger partial charge in [-0.25, -0.2) is 0 Å². The maximum absolute atomic E-state index is 12.8. The van der Waals surface area contributed by atoms with Crippen molar-refractivity contribution in [2.24, 2.45) is 0 Å². The Labute approximate surface area is 143 Å². The number of aryl methyl sites for hydroxylation is 3. The number of nitrogens with zero attached hydrogens (tertiary/aromatic N) is 2. The topological polar surface area (TPSA) is 59.0 Å². The molecule has 5 heteroatoms. The Balaban J connectivity index is 1.84. The lowest BCUT2D eigenvalue weighted by molar-refractivity contribution is 0.0940. The van der Waals surface area contributed by atoms with Crippen molar-refractivity contribution in [3.8, 4) is 0 Å². The number of benzene rings is 1. The molecule has 24 heavy (non-hydrogen) atoms. The van der Waals surface area contributed by atoms with Crippen molar-refractivity contribution in [2.45, 2.75) is 53.1 Å². The van der Waals surface area contributed by atoms with Gasteiger partial charge < -0.3 is 10.6 Å². The molecule has 0 spiro atoms. The van der Waals surface area contributed by atoms with Crippen LogP contribution in [0, 0.1) is 13.8 Å². The first-order valence-electron chi connectivity index (χ1n) is 8.73. The summed E-state index contributed by atoms with van der Waals surface area (Å²) in [6.07, 6.45) is 2.14. The monoisotopic (exact) mass is 326 g/mol. The highest BCUT2D eigenvalue weighted by molar-refractivity contribution is 6.00. The number of anilines is 1. The second-order valence-corrected chi connectivity index (χ2v) is 6.47. The fourth-order valence-electron chi connectivity index (χ4n) is 3.69. The van der Waals surface area contributed by atoms with Crippen LogP contribution >= 0.6 is 0 Å². The number of nitrogens with one attached hydrogen (secondary N) is 2. The summed E-state index contributed by atoms with van der Waals surface area (Å²) in [5, 5.41) is 11.1. The van der Waals surface area contributed by atoms with E-state index in [1.165, 1.54) is 5.56 Å². The van der Waals surface area contributed by atoms with E-state index >= 15 is 0 Å². The fraction of sp³-hybridized carbons (Fsp3) is 0.474. The van der Waals surface area contributed by atoms with Crippen molar-refractivity contribution in [1.29, 1.82) is 0 Å². The molecule has 1 aromatic heterocycles. The Bertz CT molecular complexity index is 763. The Hall–Kier alpha value is -2.30. The smallest absolute Gasteiger partial charge is 0.253 e. The van der Waals surface area contributed by atoms with Gasteiger partial charge in [-0.15, -0.1) is 0 Å². The SMILES string of the molecule is CCn1nc(C)c(C(C)NC(=O)c2cccc3c2NCCC3)c1C. The van der Waals surface area contributed by atoms with Crippen LogP contribution in [0.5, 0.6) is 0 Å². The van der Waals surface area contributed by atoms with Gasteiger partial charge in [0.05, 0.1) is 23.0 Å². The number of amides is 1. The molecular weight excluding hydrogens is 300 g/mol. The summed E-state index contributed by atoms with van der Waals surface area (Å²) in [6, 6.07) is 5.89. The lowest BCUT2D eigenvalue weighted by Crippen LogP contribution is -2.29. The van der Waals surface area contributed by atoms with E-state index in [1.807, 2.05) is 30.7 Å². The molecule has 5 nitrogen and oxygen atoms in total. The molecule has 2 aromatic rings. The van der Waals surface area contributed by atoms with E-state index in [0.29, 0.717) is 0 Å². The van der Waals surface area contributed by atoms with Crippen LogP contribution in [0.1, 0.15) is 59.2 Å². The lowest BCUT2D eigenvalue weighted by Gasteiger charge is -2.22. The minimum Gasteiger partial charge on any atom is -0.384 e. The zero-order valence-electron chi connectivity index (χ0n) is 14.9. The van der Waals surface area contributed by atoms with Gasteiger partial charge in [0.15, 0.2) is 0 Å². The number of carbonyl (C=O) groups is 1. The van der Waals surface area contributed by atoms with Crippen molar-refractivity contribution in [1.82, 2.24) is 15.1 Å². The molecular formula is C19H26N4O. The third-order valence-corrected chi connectivity index (χ3v) is 4.84. The molecule has 0 fully saturated rings. The number of hydrogen-bond acceptors (Lipinski definition) is 3. The number of rotatable bonds is 4. The maximum Gasteiger partial charge on any atom is 0.253 e. The lowest BCUT2D eigenvalue weighted by atomic mass is 9.98. The number of hydrogen-bond donors (Lipinski definition) is 2. The molecule has 1 unspecified atom stereocenters. The first-order valence-corrected chi connectivity index (χ1v) is 8.73. The summed E-state index contributed by atoms with van der Waals surface area (Å²) in [4.78, 5) is 12.8. The van der Waals surface area contributed by atoms with Gasteiger partial charge in [0, 0.05) is 24.3 Å². The van der Waals surface area contributed by atoms with Gasteiger partial charge >= 0.3 is 0 Å². The molecule has 1 atom stereocenters. The molecule has 128 valence electrons. The summed E-state index contributed by atoms with van der Waals surface area (Å²) in [6.45, 7) is 9.93. The average molecular weight is 326 g/mol. The predicted molar refractivity (Wildman–Crippen MR) is 96.5 cm³/mol. The van der Waals surface area contributed by atoms with Crippen LogP contribution in [-0.2, 0) is 13.0 Å². The number of para-hydroxylation sites is 1. The largest absolute Gasteiger partial charge is 0.384 e. The van der Waals surface area contributed by atoms with Crippen molar-refractivity contribution >= 4 is 11.6 Å². The van der Waals surface area contributed by atoms with Crippen LogP contribution in [0.3, 0.4) is 0 Å². The molecule has 2 heterocycles. The first-order chi connectivity index (χ1) is 11.5. The van der Waals surface area contributed by atoms with E-state index in [2.05, 4.69) is 35.6 Å². The van der Waals surface area contributed by atoms with Gasteiger partial charge in [-0.3, -0.25) is 9.48 Å².